The van der Waals surface area contributed by atoms with Gasteiger partial charge in [0.1, 0.15) is 17.5 Å². The van der Waals surface area contributed by atoms with Gasteiger partial charge in [-0.25, -0.2) is 4.39 Å². The number of nitrogens with zero attached hydrogens (tertiary/aromatic N) is 4. The summed E-state index contributed by atoms with van der Waals surface area (Å²) in [5.74, 6) is -2.66. The lowest BCUT2D eigenvalue weighted by Gasteiger charge is -2.47. The highest BCUT2D eigenvalue weighted by molar-refractivity contribution is 7.51. The Bertz CT molecular complexity index is 1790. The third-order valence-electron chi connectivity index (χ3n) is 9.76. The topological polar surface area (TPSA) is 164 Å². The van der Waals surface area contributed by atoms with Crippen LogP contribution in [0.2, 0.25) is 0 Å². The van der Waals surface area contributed by atoms with Crippen LogP contribution in [0, 0.1) is 23.2 Å². The molecule has 5 heterocycles. The fourth-order valence-corrected chi connectivity index (χ4v) is 8.78. The van der Waals surface area contributed by atoms with Crippen LogP contribution in [0.1, 0.15) is 58.9 Å². The first-order valence-corrected chi connectivity index (χ1v) is 17.4. The number of nitrogens with one attached hydrogen (secondary N) is 1. The molecule has 1 saturated carbocycles. The van der Waals surface area contributed by atoms with E-state index in [1.54, 1.807) is 28.1 Å². The van der Waals surface area contributed by atoms with E-state index in [0.29, 0.717) is 46.9 Å². The van der Waals surface area contributed by atoms with E-state index >= 15 is 0 Å². The van der Waals surface area contributed by atoms with Crippen LogP contribution < -0.4 is 5.32 Å². The quantitative estimate of drug-likeness (QED) is 0.340. The van der Waals surface area contributed by atoms with Crippen molar-refractivity contribution in [3.05, 3.63) is 64.8 Å². The number of aromatic nitrogens is 1. The monoisotopic (exact) mass is 651 g/mol. The average molecular weight is 652 g/mol. The highest BCUT2D eigenvalue weighted by Gasteiger charge is 2.55. The first-order chi connectivity index (χ1) is 21.5. The zero-order valence-electron chi connectivity index (χ0n) is 24.1. The second-order valence-electron chi connectivity index (χ2n) is 12.7. The molecule has 0 bridgehead atoms. The van der Waals surface area contributed by atoms with Crippen molar-refractivity contribution in [2.75, 3.05) is 13.1 Å². The zero-order valence-corrected chi connectivity index (χ0v) is 25.8. The lowest BCUT2D eigenvalue weighted by Crippen LogP contribution is -2.65. The van der Waals surface area contributed by atoms with Gasteiger partial charge in [0.05, 0.1) is 16.6 Å². The van der Waals surface area contributed by atoms with Gasteiger partial charge in [-0.15, -0.1) is 11.3 Å². The number of likely N-dealkylation sites (tertiary alicyclic amines) is 1. The Balaban J connectivity index is 1.08. The summed E-state index contributed by atoms with van der Waals surface area (Å²) in [6.07, 6.45) is 5.13. The van der Waals surface area contributed by atoms with E-state index < -0.39 is 36.9 Å². The first-order valence-electron chi connectivity index (χ1n) is 14.9. The van der Waals surface area contributed by atoms with Crippen molar-refractivity contribution in [2.24, 2.45) is 11.8 Å². The highest BCUT2D eigenvalue weighted by Crippen LogP contribution is 2.53. The molecule has 0 unspecified atom stereocenters. The smallest absolute Gasteiger partial charge is 0.340 e. The summed E-state index contributed by atoms with van der Waals surface area (Å²) in [6, 6.07) is 11.8. The minimum Gasteiger partial charge on any atom is -0.340 e. The van der Waals surface area contributed by atoms with Crippen LogP contribution >= 0.6 is 18.9 Å². The van der Waals surface area contributed by atoms with Gasteiger partial charge in [-0.1, -0.05) is 12.1 Å². The van der Waals surface area contributed by atoms with E-state index in [1.165, 1.54) is 24.3 Å². The summed E-state index contributed by atoms with van der Waals surface area (Å²) in [6.45, 7) is 0.413. The van der Waals surface area contributed by atoms with Crippen molar-refractivity contribution >= 4 is 46.7 Å². The van der Waals surface area contributed by atoms with Gasteiger partial charge in [0, 0.05) is 30.0 Å². The molecule has 4 fully saturated rings. The number of fused-ring (bicyclic) bond motifs is 3. The molecular formula is C31H31FN5O6PS. The summed E-state index contributed by atoms with van der Waals surface area (Å²) in [7, 11) is -4.99. The van der Waals surface area contributed by atoms with Crippen molar-refractivity contribution in [3.63, 3.8) is 0 Å². The molecule has 3 amide bonds. The van der Waals surface area contributed by atoms with Crippen molar-refractivity contribution in [1.29, 1.82) is 5.26 Å². The molecule has 3 N–H and O–H groups in total. The minimum atomic E-state index is -4.99. The molecule has 2 aromatic heterocycles. The van der Waals surface area contributed by atoms with Crippen molar-refractivity contribution in [2.45, 2.75) is 61.6 Å². The number of halogens is 1. The van der Waals surface area contributed by atoms with Gasteiger partial charge in [-0.05, 0) is 85.2 Å². The van der Waals surface area contributed by atoms with Crippen LogP contribution in [-0.2, 0) is 19.6 Å². The van der Waals surface area contributed by atoms with Crippen LogP contribution in [-0.4, -0.2) is 73.5 Å². The molecule has 0 spiro atoms. The van der Waals surface area contributed by atoms with E-state index in [4.69, 9.17) is 0 Å². The van der Waals surface area contributed by atoms with Gasteiger partial charge < -0.3 is 24.9 Å². The van der Waals surface area contributed by atoms with Crippen LogP contribution in [0.4, 0.5) is 4.39 Å². The van der Waals surface area contributed by atoms with Gasteiger partial charge >= 0.3 is 7.60 Å². The summed E-state index contributed by atoms with van der Waals surface area (Å²) >= 11 is 1.14. The number of alkyl halides is 1. The molecule has 0 radical (unpaired) electrons. The fourth-order valence-electron chi connectivity index (χ4n) is 7.28. The molecule has 3 aromatic rings. The number of hydrogen-bond donors (Lipinski definition) is 3. The van der Waals surface area contributed by atoms with Crippen LogP contribution in [0.5, 0.6) is 0 Å². The molecule has 234 valence electrons. The molecule has 7 rings (SSSR count). The van der Waals surface area contributed by atoms with Gasteiger partial charge in [0.15, 0.2) is 0 Å². The summed E-state index contributed by atoms with van der Waals surface area (Å²) in [4.78, 5) is 67.7. The third-order valence-corrected chi connectivity index (χ3v) is 11.8. The number of benzene rings is 1. The molecule has 4 aliphatic rings. The predicted molar refractivity (Wildman–Crippen MR) is 162 cm³/mol. The van der Waals surface area contributed by atoms with E-state index in [9.17, 15) is 38.4 Å². The standard InChI is InChI=1S/C31H31FN5O6PS/c32-27(44(41,42)43)17-4-7-24-20(9-17)13-25(45-24)28(38)35-22-12-19-10-18(19)11-21-5-6-23(37(21)29(22)39)30(40)36-15-31(14-33,16-36)26-3-1-2-8-34-26/h1-4,7-9,13,18-19,21-23,27H,5-6,10-12,15-16H2,(H,35,38)(H2,41,42,43)/t18-,19+,21+,22-,23-,27+/m0/s1. The van der Waals surface area contributed by atoms with Crippen molar-refractivity contribution < 1.29 is 33.1 Å². The molecule has 45 heavy (non-hydrogen) atoms. The number of amides is 3. The van der Waals surface area contributed by atoms with Gasteiger partial charge in [-0.3, -0.25) is 23.9 Å². The molecular weight excluding hydrogens is 620 g/mol. The normalized spacial score (nSPS) is 27.8. The number of thiophene rings is 1. The first kappa shape index (κ1) is 30.0. The van der Waals surface area contributed by atoms with Gasteiger partial charge in [0.2, 0.25) is 17.7 Å². The molecule has 6 atom stereocenters. The Morgan fingerprint density at radius 2 is 1.91 bits per heavy atom. The minimum absolute atomic E-state index is 0.0932. The predicted octanol–water partition coefficient (Wildman–Crippen LogP) is 3.63. The Morgan fingerprint density at radius 3 is 2.62 bits per heavy atom. The number of pyridine rings is 1. The second kappa shape index (κ2) is 11.0. The number of carbonyl (C=O) groups is 3. The van der Waals surface area contributed by atoms with Crippen LogP contribution in [0.3, 0.4) is 0 Å². The zero-order chi connectivity index (χ0) is 31.7. The Kier molecular flexibility index (Phi) is 7.32. The lowest BCUT2D eigenvalue weighted by atomic mass is 9.77. The van der Waals surface area contributed by atoms with E-state index in [2.05, 4.69) is 16.4 Å². The molecule has 1 aromatic carbocycles. The fraction of sp³-hybridized carbons (Fsp3) is 0.452. The van der Waals surface area contributed by atoms with E-state index in [0.717, 1.165) is 24.2 Å². The largest absolute Gasteiger partial charge is 0.363 e. The second-order valence-corrected chi connectivity index (χ2v) is 15.4. The van der Waals surface area contributed by atoms with Crippen molar-refractivity contribution in [1.82, 2.24) is 20.1 Å². The lowest BCUT2D eigenvalue weighted by molar-refractivity contribution is -0.151. The van der Waals surface area contributed by atoms with Gasteiger partial charge in [0.25, 0.3) is 5.91 Å². The maximum Gasteiger partial charge on any atom is 0.363 e. The Labute approximate surface area is 262 Å². The van der Waals surface area contributed by atoms with Crippen LogP contribution in [0.25, 0.3) is 10.1 Å². The van der Waals surface area contributed by atoms with Gasteiger partial charge in [-0.2, -0.15) is 5.26 Å². The number of carbonyl (C=O) groups excluding carboxylic acids is 3. The summed E-state index contributed by atoms with van der Waals surface area (Å²) in [5.41, 5.74) is -0.436. The number of nitriles is 1. The number of rotatable bonds is 6. The Hall–Kier alpha value is -3.69. The summed E-state index contributed by atoms with van der Waals surface area (Å²) in [5, 5.41) is 13.3. The third kappa shape index (κ3) is 5.33. The summed E-state index contributed by atoms with van der Waals surface area (Å²) < 4.78 is 26.3. The Morgan fingerprint density at radius 1 is 1.13 bits per heavy atom. The molecule has 14 heteroatoms. The van der Waals surface area contributed by atoms with E-state index in [1.807, 2.05) is 6.07 Å². The van der Waals surface area contributed by atoms with Crippen LogP contribution in [0.15, 0.2) is 48.7 Å². The maximum absolute atomic E-state index is 14.3. The average Bonchev–Trinajstić information content (AvgIpc) is 3.36. The van der Waals surface area contributed by atoms with E-state index in [-0.39, 0.29) is 41.4 Å². The molecule has 1 aliphatic carbocycles. The maximum atomic E-state index is 14.3. The number of hydrogen-bond acceptors (Lipinski definition) is 7. The SMILES string of the molecule is N#CC1(c2ccccn2)CN(C(=O)[C@@H]2CC[C@@H]3C[C@@H]4C[C@@H]4C[C@H](NC(=O)c4cc5cc([C@H](F)P(=O)(O)O)ccc5s4)C(=O)N32)C1. The highest BCUT2D eigenvalue weighted by atomic mass is 32.1. The molecule has 11 nitrogen and oxygen atoms in total. The molecule has 3 saturated heterocycles. The van der Waals surface area contributed by atoms with Crippen molar-refractivity contribution in [3.8, 4) is 6.07 Å². The molecule has 3 aliphatic heterocycles.